The van der Waals surface area contributed by atoms with Crippen LogP contribution in [0.3, 0.4) is 0 Å². The van der Waals surface area contributed by atoms with E-state index >= 15 is 0 Å². The number of hydrogen-bond acceptors (Lipinski definition) is 7. The first-order valence-corrected chi connectivity index (χ1v) is 11.8. The fourth-order valence-electron chi connectivity index (χ4n) is 4.47. The van der Waals surface area contributed by atoms with E-state index in [2.05, 4.69) is 10.1 Å². The lowest BCUT2D eigenvalue weighted by Gasteiger charge is -2.40. The molecule has 37 heavy (non-hydrogen) atoms. The third kappa shape index (κ3) is 5.96. The number of rotatable bonds is 9. The van der Waals surface area contributed by atoms with Gasteiger partial charge in [-0.25, -0.2) is 18.6 Å². The Kier molecular flexibility index (Phi) is 7.86. The van der Waals surface area contributed by atoms with E-state index in [0.717, 1.165) is 5.01 Å². The smallest absolute Gasteiger partial charge is 0.405 e. The Morgan fingerprint density at radius 2 is 2.03 bits per heavy atom. The summed E-state index contributed by atoms with van der Waals surface area (Å²) in [5.74, 6) is -0.958. The van der Waals surface area contributed by atoms with Crippen molar-refractivity contribution in [1.29, 1.82) is 0 Å². The summed E-state index contributed by atoms with van der Waals surface area (Å²) in [4.78, 5) is 44.0. The maximum atomic E-state index is 13.5. The van der Waals surface area contributed by atoms with Crippen molar-refractivity contribution in [2.24, 2.45) is 16.3 Å². The van der Waals surface area contributed by atoms with Crippen LogP contribution in [0.15, 0.2) is 53.8 Å². The molecule has 0 aliphatic carbocycles. The minimum atomic E-state index is -2.78. The van der Waals surface area contributed by atoms with E-state index in [9.17, 15) is 23.2 Å². The van der Waals surface area contributed by atoms with Gasteiger partial charge in [-0.1, -0.05) is 23.7 Å². The van der Waals surface area contributed by atoms with Gasteiger partial charge in [-0.2, -0.15) is 5.10 Å². The Bertz CT molecular complexity index is 1200. The third-order valence-electron chi connectivity index (χ3n) is 6.08. The minimum Gasteiger partial charge on any atom is -0.489 e. The van der Waals surface area contributed by atoms with Crippen LogP contribution < -0.4 is 10.5 Å². The van der Waals surface area contributed by atoms with Crippen LogP contribution >= 0.6 is 11.6 Å². The fraction of sp³-hybridized carbons (Fsp3) is 0.375. The number of amides is 3. The van der Waals surface area contributed by atoms with E-state index in [1.54, 1.807) is 42.6 Å². The molecule has 2 aliphatic heterocycles. The summed E-state index contributed by atoms with van der Waals surface area (Å²) in [6, 6.07) is 11.6. The molecule has 0 radical (unpaired) electrons. The number of carbonyl (C=O) groups excluding carboxylic acids is 3. The van der Waals surface area contributed by atoms with Crippen molar-refractivity contribution >= 4 is 35.2 Å². The van der Waals surface area contributed by atoms with Gasteiger partial charge in [0.2, 0.25) is 6.10 Å². The molecule has 3 amide bonds. The molecule has 0 spiro atoms. The highest BCUT2D eigenvalue weighted by atomic mass is 35.5. The molecule has 2 aromatic rings. The Balaban J connectivity index is 1.58. The summed E-state index contributed by atoms with van der Waals surface area (Å²) in [5, 5.41) is 5.35. The average Bonchev–Trinajstić information content (AvgIpc) is 3.11. The lowest BCUT2D eigenvalue weighted by atomic mass is 9.74. The molecule has 1 aromatic heterocycles. The number of benzene rings is 1. The standard InChI is InChI=1S/C24H24ClF2N5O5/c25-15-4-3-6-17(10-15)36-13-18(37-23(28)35)21(33)31-9-7-19-24(14-31,11-16-5-1-2-8-29-16)22(34)32(30-19)12-20(26)27/h1-6,8,10,18,20H,7,9,11-14H2,(H2,28,35)/t18-,24-/m1/s1. The molecule has 0 unspecified atom stereocenters. The minimum absolute atomic E-state index is 0.0510. The van der Waals surface area contributed by atoms with Gasteiger partial charge in [0.05, 0.1) is 5.71 Å². The number of alkyl halides is 2. The van der Waals surface area contributed by atoms with Crippen LogP contribution in [0.1, 0.15) is 12.1 Å². The summed E-state index contributed by atoms with van der Waals surface area (Å²) in [6.45, 7) is -1.28. The third-order valence-corrected chi connectivity index (χ3v) is 6.32. The Morgan fingerprint density at radius 1 is 1.22 bits per heavy atom. The number of halogens is 3. The molecule has 2 aliphatic rings. The molecule has 10 nitrogen and oxygen atoms in total. The van der Waals surface area contributed by atoms with Crippen LogP contribution in [-0.2, 0) is 20.7 Å². The molecular weight excluding hydrogens is 512 g/mol. The first kappa shape index (κ1) is 26.3. The van der Waals surface area contributed by atoms with Gasteiger partial charge in [-0.15, -0.1) is 0 Å². The van der Waals surface area contributed by atoms with Crippen molar-refractivity contribution in [2.75, 3.05) is 26.2 Å². The molecule has 1 saturated heterocycles. The zero-order valence-corrected chi connectivity index (χ0v) is 20.3. The highest BCUT2D eigenvalue weighted by Crippen LogP contribution is 2.39. The summed E-state index contributed by atoms with van der Waals surface area (Å²) < 4.78 is 36.9. The lowest BCUT2D eigenvalue weighted by molar-refractivity contribution is -0.147. The molecule has 13 heteroatoms. The van der Waals surface area contributed by atoms with Crippen LogP contribution in [-0.4, -0.2) is 77.3 Å². The van der Waals surface area contributed by atoms with Crippen LogP contribution in [0, 0.1) is 5.41 Å². The monoisotopic (exact) mass is 535 g/mol. The number of ether oxygens (including phenoxy) is 2. The number of hydrogen-bond donors (Lipinski definition) is 1. The Morgan fingerprint density at radius 3 is 2.70 bits per heavy atom. The highest BCUT2D eigenvalue weighted by Gasteiger charge is 2.55. The van der Waals surface area contributed by atoms with E-state index < -0.39 is 42.4 Å². The van der Waals surface area contributed by atoms with E-state index in [1.807, 2.05) is 0 Å². The van der Waals surface area contributed by atoms with Gasteiger partial charge in [0.15, 0.2) is 0 Å². The number of likely N-dealkylation sites (tertiary alicyclic amines) is 1. The number of nitrogens with zero attached hydrogens (tertiary/aromatic N) is 4. The van der Waals surface area contributed by atoms with Gasteiger partial charge in [0.25, 0.3) is 18.2 Å². The lowest BCUT2D eigenvalue weighted by Crippen LogP contribution is -2.58. The molecule has 4 rings (SSSR count). The van der Waals surface area contributed by atoms with E-state index in [0.29, 0.717) is 22.2 Å². The first-order chi connectivity index (χ1) is 17.7. The van der Waals surface area contributed by atoms with Crippen molar-refractivity contribution in [3.05, 3.63) is 59.4 Å². The molecule has 3 heterocycles. The van der Waals surface area contributed by atoms with Gasteiger partial charge < -0.3 is 20.1 Å². The molecule has 2 N–H and O–H groups in total. The first-order valence-electron chi connectivity index (χ1n) is 11.4. The number of fused-ring (bicyclic) bond motifs is 1. The van der Waals surface area contributed by atoms with E-state index in [4.69, 9.17) is 26.8 Å². The number of nitrogens with two attached hydrogens (primary N) is 1. The summed E-state index contributed by atoms with van der Waals surface area (Å²) in [5.41, 5.74) is 4.73. The summed E-state index contributed by atoms with van der Waals surface area (Å²) in [7, 11) is 0. The molecule has 2 atom stereocenters. The molecule has 196 valence electrons. The number of pyridine rings is 1. The Labute approximate surface area is 216 Å². The van der Waals surface area contributed by atoms with Crippen molar-refractivity contribution < 1.29 is 32.6 Å². The number of primary amides is 1. The number of aromatic nitrogens is 1. The molecule has 1 aromatic carbocycles. The van der Waals surface area contributed by atoms with Crippen molar-refractivity contribution in [3.8, 4) is 5.75 Å². The maximum Gasteiger partial charge on any atom is 0.405 e. The topological polar surface area (TPSA) is 127 Å². The van der Waals surface area contributed by atoms with Crippen LogP contribution in [0.2, 0.25) is 5.02 Å². The Hall–Kier alpha value is -3.80. The van der Waals surface area contributed by atoms with Gasteiger partial charge in [-0.3, -0.25) is 14.6 Å². The second-order valence-corrected chi connectivity index (χ2v) is 9.05. The number of carbonyl (C=O) groups is 3. The summed E-state index contributed by atoms with van der Waals surface area (Å²) >= 11 is 5.96. The zero-order chi connectivity index (χ0) is 26.6. The molecular formula is C24H24ClF2N5O5. The number of piperidine rings is 1. The predicted octanol–water partition coefficient (Wildman–Crippen LogP) is 2.50. The summed E-state index contributed by atoms with van der Waals surface area (Å²) in [6.07, 6.45) is -3.63. The molecule has 1 fully saturated rings. The van der Waals surface area contributed by atoms with E-state index in [1.165, 1.54) is 11.0 Å². The largest absolute Gasteiger partial charge is 0.489 e. The predicted molar refractivity (Wildman–Crippen MR) is 128 cm³/mol. The van der Waals surface area contributed by atoms with Crippen LogP contribution in [0.4, 0.5) is 13.6 Å². The zero-order valence-electron chi connectivity index (χ0n) is 19.6. The normalized spacial score (nSPS) is 19.9. The number of hydrazone groups is 1. The fourth-order valence-corrected chi connectivity index (χ4v) is 4.65. The van der Waals surface area contributed by atoms with Gasteiger partial charge in [0, 0.05) is 42.8 Å². The van der Waals surface area contributed by atoms with Crippen molar-refractivity contribution in [2.45, 2.75) is 25.4 Å². The molecule has 0 bridgehead atoms. The van der Waals surface area contributed by atoms with E-state index in [-0.39, 0.29) is 32.5 Å². The van der Waals surface area contributed by atoms with Gasteiger partial charge in [0.1, 0.15) is 24.3 Å². The second kappa shape index (κ2) is 11.1. The van der Waals surface area contributed by atoms with Crippen molar-refractivity contribution in [1.82, 2.24) is 14.9 Å². The van der Waals surface area contributed by atoms with Crippen LogP contribution in [0.25, 0.3) is 0 Å². The second-order valence-electron chi connectivity index (χ2n) is 8.61. The van der Waals surface area contributed by atoms with Crippen molar-refractivity contribution in [3.63, 3.8) is 0 Å². The van der Waals surface area contributed by atoms with Gasteiger partial charge >= 0.3 is 6.09 Å². The SMILES string of the molecule is NC(=O)O[C@H](COc1cccc(Cl)c1)C(=O)N1CCC2=NN(CC(F)F)C(=O)[C@]2(Cc2ccccn2)C1. The van der Waals surface area contributed by atoms with Crippen LogP contribution in [0.5, 0.6) is 5.75 Å². The molecule has 0 saturated carbocycles. The van der Waals surface area contributed by atoms with Gasteiger partial charge in [-0.05, 0) is 30.3 Å². The highest BCUT2D eigenvalue weighted by molar-refractivity contribution is 6.30. The maximum absolute atomic E-state index is 13.5. The quantitative estimate of drug-likeness (QED) is 0.525. The average molecular weight is 536 g/mol.